The molecule has 0 aromatic heterocycles. The van der Waals surface area contributed by atoms with Gasteiger partial charge >= 0.3 is 0 Å². The van der Waals surface area contributed by atoms with Crippen molar-refractivity contribution >= 4 is 5.84 Å². The molecule has 0 aromatic carbocycles. The van der Waals surface area contributed by atoms with Crippen molar-refractivity contribution < 1.29 is 0 Å². The summed E-state index contributed by atoms with van der Waals surface area (Å²) in [4.78, 5) is 6.44. The molecule has 0 aromatic rings. The van der Waals surface area contributed by atoms with E-state index in [9.17, 15) is 0 Å². The monoisotopic (exact) mass is 138 g/mol. The predicted molar refractivity (Wildman–Crippen MR) is 44.4 cm³/mol. The number of dihydropyridines is 1. The van der Waals surface area contributed by atoms with Crippen LogP contribution in [0.25, 0.3) is 0 Å². The molecule has 1 heterocycles. The lowest BCUT2D eigenvalue weighted by molar-refractivity contribution is 0.613. The Morgan fingerprint density at radius 3 is 2.60 bits per heavy atom. The van der Waals surface area contributed by atoms with E-state index in [2.05, 4.69) is 22.9 Å². The first-order valence-electron chi connectivity index (χ1n) is 3.60. The molecule has 0 saturated heterocycles. The molecule has 0 atom stereocenters. The topological polar surface area (TPSA) is 15.6 Å². The number of amidine groups is 1. The molecular weight excluding hydrogens is 124 g/mol. The van der Waals surface area contributed by atoms with Gasteiger partial charge in [-0.3, -0.25) is 4.99 Å². The van der Waals surface area contributed by atoms with Crippen molar-refractivity contribution in [1.82, 2.24) is 4.90 Å². The van der Waals surface area contributed by atoms with Gasteiger partial charge in [-0.05, 0) is 18.9 Å². The minimum Gasteiger partial charge on any atom is -0.363 e. The minimum atomic E-state index is 0.949. The van der Waals surface area contributed by atoms with Crippen molar-refractivity contribution in [2.75, 3.05) is 20.6 Å². The van der Waals surface area contributed by atoms with Crippen LogP contribution in [0.4, 0.5) is 0 Å². The lowest BCUT2D eigenvalue weighted by atomic mass is 10.2. The van der Waals surface area contributed by atoms with Crippen molar-refractivity contribution in [3.8, 4) is 0 Å². The smallest absolute Gasteiger partial charge is 0.125 e. The van der Waals surface area contributed by atoms with Gasteiger partial charge in [-0.25, -0.2) is 0 Å². The average Bonchev–Trinajstić information content (AvgIpc) is 1.88. The molecule has 0 spiro atoms. The van der Waals surface area contributed by atoms with Crippen molar-refractivity contribution in [3.63, 3.8) is 0 Å². The van der Waals surface area contributed by atoms with Gasteiger partial charge in [0.2, 0.25) is 0 Å². The van der Waals surface area contributed by atoms with Crippen LogP contribution >= 0.6 is 0 Å². The Morgan fingerprint density at radius 1 is 1.50 bits per heavy atom. The van der Waals surface area contributed by atoms with Crippen LogP contribution in [-0.2, 0) is 0 Å². The Bertz CT molecular complexity index is 178. The number of rotatable bonds is 0. The van der Waals surface area contributed by atoms with Crippen molar-refractivity contribution in [2.45, 2.75) is 13.3 Å². The Labute approximate surface area is 62.3 Å². The summed E-state index contributed by atoms with van der Waals surface area (Å²) in [6.07, 6.45) is 3.34. The molecular formula is C8H14N2. The molecule has 1 rings (SSSR count). The second-order valence-electron chi connectivity index (χ2n) is 2.78. The van der Waals surface area contributed by atoms with Gasteiger partial charge in [-0.2, -0.15) is 0 Å². The molecule has 0 bridgehead atoms. The van der Waals surface area contributed by atoms with Gasteiger partial charge < -0.3 is 4.90 Å². The van der Waals surface area contributed by atoms with Gasteiger partial charge in [-0.15, -0.1) is 0 Å². The summed E-state index contributed by atoms with van der Waals surface area (Å²) in [6.45, 7) is 3.06. The zero-order chi connectivity index (χ0) is 7.56. The quantitative estimate of drug-likeness (QED) is 0.492. The van der Waals surface area contributed by atoms with E-state index in [1.54, 1.807) is 0 Å². The van der Waals surface area contributed by atoms with E-state index in [1.807, 2.05) is 14.1 Å². The molecule has 2 nitrogen and oxygen atoms in total. The van der Waals surface area contributed by atoms with Crippen molar-refractivity contribution in [1.29, 1.82) is 0 Å². The Hall–Kier alpha value is -0.790. The van der Waals surface area contributed by atoms with E-state index in [0.29, 0.717) is 0 Å². The molecule has 0 amide bonds. The highest BCUT2D eigenvalue weighted by Gasteiger charge is 2.06. The third-order valence-corrected chi connectivity index (χ3v) is 1.62. The summed E-state index contributed by atoms with van der Waals surface area (Å²) in [5, 5.41) is 0. The van der Waals surface area contributed by atoms with E-state index in [1.165, 1.54) is 5.57 Å². The first kappa shape index (κ1) is 7.32. The van der Waals surface area contributed by atoms with E-state index in [4.69, 9.17) is 0 Å². The normalized spacial score (nSPS) is 17.9. The van der Waals surface area contributed by atoms with Crippen molar-refractivity contribution in [2.24, 2.45) is 4.99 Å². The summed E-state index contributed by atoms with van der Waals surface area (Å²) in [5.41, 5.74) is 1.30. The predicted octanol–water partition coefficient (Wildman–Crippen LogP) is 1.30. The fraction of sp³-hybridized carbons (Fsp3) is 0.625. The highest BCUT2D eigenvalue weighted by atomic mass is 15.1. The van der Waals surface area contributed by atoms with E-state index in [-0.39, 0.29) is 0 Å². The van der Waals surface area contributed by atoms with Crippen LogP contribution in [0.2, 0.25) is 0 Å². The van der Waals surface area contributed by atoms with Crippen LogP contribution < -0.4 is 0 Å². The second kappa shape index (κ2) is 2.86. The summed E-state index contributed by atoms with van der Waals surface area (Å²) in [5.74, 6) is 1.13. The maximum atomic E-state index is 4.38. The van der Waals surface area contributed by atoms with Gasteiger partial charge in [0.1, 0.15) is 5.84 Å². The largest absolute Gasteiger partial charge is 0.363 e. The summed E-state index contributed by atoms with van der Waals surface area (Å²) < 4.78 is 0. The molecule has 56 valence electrons. The van der Waals surface area contributed by atoms with Crippen LogP contribution in [0.15, 0.2) is 16.6 Å². The van der Waals surface area contributed by atoms with Gasteiger partial charge in [-0.1, -0.05) is 6.08 Å². The summed E-state index contributed by atoms with van der Waals surface area (Å²) >= 11 is 0. The van der Waals surface area contributed by atoms with Crippen LogP contribution in [0.3, 0.4) is 0 Å². The third-order valence-electron chi connectivity index (χ3n) is 1.62. The molecule has 1 aliphatic heterocycles. The van der Waals surface area contributed by atoms with Gasteiger partial charge in [0.15, 0.2) is 0 Å². The van der Waals surface area contributed by atoms with Crippen LogP contribution in [0, 0.1) is 0 Å². The minimum absolute atomic E-state index is 0.949. The third kappa shape index (κ3) is 1.38. The van der Waals surface area contributed by atoms with Gasteiger partial charge in [0.05, 0.1) is 0 Å². The second-order valence-corrected chi connectivity index (χ2v) is 2.78. The number of hydrogen-bond donors (Lipinski definition) is 0. The van der Waals surface area contributed by atoms with Crippen LogP contribution in [-0.4, -0.2) is 31.4 Å². The fourth-order valence-corrected chi connectivity index (χ4v) is 1.16. The van der Waals surface area contributed by atoms with E-state index >= 15 is 0 Å². The van der Waals surface area contributed by atoms with Crippen LogP contribution in [0.5, 0.6) is 0 Å². The number of nitrogens with zero attached hydrogens (tertiary/aromatic N) is 2. The standard InChI is InChI=1S/C8H14N2/c1-7-5-4-6-9-8(7)10(2)3/h5H,4,6H2,1-3H3. The highest BCUT2D eigenvalue weighted by Crippen LogP contribution is 2.07. The maximum Gasteiger partial charge on any atom is 0.125 e. The van der Waals surface area contributed by atoms with Gasteiger partial charge in [0.25, 0.3) is 0 Å². The zero-order valence-electron chi connectivity index (χ0n) is 6.89. The first-order valence-corrected chi connectivity index (χ1v) is 3.60. The lowest BCUT2D eigenvalue weighted by Crippen LogP contribution is -2.24. The molecule has 0 unspecified atom stereocenters. The van der Waals surface area contributed by atoms with Crippen LogP contribution in [0.1, 0.15) is 13.3 Å². The van der Waals surface area contributed by atoms with E-state index in [0.717, 1.165) is 18.8 Å². The molecule has 0 saturated carbocycles. The zero-order valence-corrected chi connectivity index (χ0v) is 6.89. The molecule has 1 aliphatic rings. The number of hydrogen-bond acceptors (Lipinski definition) is 2. The SMILES string of the molecule is CC1=CCCN=C1N(C)C. The molecule has 0 fully saturated rings. The van der Waals surface area contributed by atoms with Gasteiger partial charge in [0, 0.05) is 20.6 Å². The molecule has 0 aliphatic carbocycles. The number of likely N-dealkylation sites (N-methyl/N-ethyl adjacent to an activating group) is 1. The average molecular weight is 138 g/mol. The maximum absolute atomic E-state index is 4.38. The van der Waals surface area contributed by atoms with Crippen molar-refractivity contribution in [3.05, 3.63) is 11.6 Å². The first-order chi connectivity index (χ1) is 4.72. The Balaban J connectivity index is 2.74. The summed E-state index contributed by atoms with van der Waals surface area (Å²) in [6, 6.07) is 0. The molecule has 10 heavy (non-hydrogen) atoms. The van der Waals surface area contributed by atoms with E-state index < -0.39 is 0 Å². The number of aliphatic imine (C=N–C) groups is 1. The Morgan fingerprint density at radius 2 is 2.20 bits per heavy atom. The lowest BCUT2D eigenvalue weighted by Gasteiger charge is -2.18. The summed E-state index contributed by atoms with van der Waals surface area (Å²) in [7, 11) is 4.06. The fourth-order valence-electron chi connectivity index (χ4n) is 1.16. The molecule has 2 heteroatoms. The Kier molecular flexibility index (Phi) is 2.10. The molecule has 0 N–H and O–H groups in total. The molecule has 0 radical (unpaired) electrons. The highest BCUT2D eigenvalue weighted by molar-refractivity contribution is 5.97.